The van der Waals surface area contributed by atoms with Crippen molar-refractivity contribution in [3.63, 3.8) is 0 Å². The van der Waals surface area contributed by atoms with E-state index >= 15 is 0 Å². The second kappa shape index (κ2) is 22.0. The molecular formula is C26H55NO6P+. The Hall–Kier alpha value is -0.270. The third-order valence-corrected chi connectivity index (χ3v) is 6.68. The summed E-state index contributed by atoms with van der Waals surface area (Å²) in [6.07, 6.45) is 21.4. The number of phosphoric acid groups is 1. The molecule has 0 radical (unpaired) electrons. The van der Waals surface area contributed by atoms with Crippen molar-refractivity contribution in [2.45, 2.75) is 103 Å². The number of aliphatic hydroxyl groups is 1. The van der Waals surface area contributed by atoms with Crippen LogP contribution in [0.15, 0.2) is 12.2 Å². The zero-order chi connectivity index (χ0) is 25.5. The third-order valence-electron chi connectivity index (χ3n) is 5.61. The summed E-state index contributed by atoms with van der Waals surface area (Å²) in [5.41, 5.74) is 0. The molecule has 0 aliphatic heterocycles. The van der Waals surface area contributed by atoms with Gasteiger partial charge in [0.05, 0.1) is 34.4 Å². The summed E-state index contributed by atoms with van der Waals surface area (Å²) in [6, 6.07) is 0. The van der Waals surface area contributed by atoms with Crippen LogP contribution in [0.25, 0.3) is 0 Å². The molecule has 0 spiro atoms. The van der Waals surface area contributed by atoms with E-state index in [1.165, 1.54) is 77.0 Å². The maximum atomic E-state index is 12.0. The van der Waals surface area contributed by atoms with Gasteiger partial charge in [-0.3, -0.25) is 9.05 Å². The minimum Gasteiger partial charge on any atom is -0.394 e. The molecule has 0 aromatic rings. The van der Waals surface area contributed by atoms with Crippen molar-refractivity contribution in [1.82, 2.24) is 0 Å². The minimum absolute atomic E-state index is 0.0742. The fraction of sp³-hybridized carbons (Fsp3) is 0.923. The predicted molar refractivity (Wildman–Crippen MR) is 141 cm³/mol. The number of nitrogens with zero attached hydrogens (tertiary/aromatic N) is 1. The largest absolute Gasteiger partial charge is 0.472 e. The molecule has 0 saturated carbocycles. The van der Waals surface area contributed by atoms with E-state index in [-0.39, 0.29) is 13.2 Å². The Morgan fingerprint density at radius 3 is 1.88 bits per heavy atom. The lowest BCUT2D eigenvalue weighted by Gasteiger charge is -2.24. The third kappa shape index (κ3) is 24.8. The highest BCUT2D eigenvalue weighted by molar-refractivity contribution is 7.47. The Labute approximate surface area is 210 Å². The first kappa shape index (κ1) is 33.7. The van der Waals surface area contributed by atoms with Gasteiger partial charge in [-0.1, -0.05) is 76.9 Å². The number of likely N-dealkylation sites (N-methyl/N-ethyl adjacent to an activating group) is 1. The number of unbranched alkanes of at least 4 members (excludes halogenated alkanes) is 12. The summed E-state index contributed by atoms with van der Waals surface area (Å²) in [4.78, 5) is 9.80. The van der Waals surface area contributed by atoms with Crippen molar-refractivity contribution in [2.24, 2.45) is 0 Å². The Morgan fingerprint density at radius 2 is 1.35 bits per heavy atom. The summed E-state index contributed by atoms with van der Waals surface area (Å²) >= 11 is 0. The van der Waals surface area contributed by atoms with Gasteiger partial charge in [-0.25, -0.2) is 4.57 Å². The molecular weight excluding hydrogens is 453 g/mol. The van der Waals surface area contributed by atoms with Crippen LogP contribution in [0.1, 0.15) is 96.8 Å². The van der Waals surface area contributed by atoms with Crippen LogP contribution in [-0.4, -0.2) is 74.7 Å². The Bertz CT molecular complexity index is 524. The number of hydrogen-bond acceptors (Lipinski definition) is 5. The normalized spacial score (nSPS) is 15.1. The Kier molecular flexibility index (Phi) is 21.8. The first-order chi connectivity index (χ1) is 16.2. The average Bonchev–Trinajstić information content (AvgIpc) is 2.76. The van der Waals surface area contributed by atoms with Crippen LogP contribution < -0.4 is 0 Å². The molecule has 34 heavy (non-hydrogen) atoms. The summed E-state index contributed by atoms with van der Waals surface area (Å²) < 4.78 is 28.2. The van der Waals surface area contributed by atoms with Crippen molar-refractivity contribution < 1.29 is 32.8 Å². The Morgan fingerprint density at radius 1 is 0.824 bits per heavy atom. The van der Waals surface area contributed by atoms with Crippen LogP contribution in [0.5, 0.6) is 0 Å². The zero-order valence-corrected chi connectivity index (χ0v) is 23.5. The smallest absolute Gasteiger partial charge is 0.394 e. The SMILES string of the molecule is CCCCCCCC/C=C\CCCCCCCCOC[C@H](CO)OP(=O)(O)OCC[N+](C)(C)C. The van der Waals surface area contributed by atoms with E-state index in [4.69, 9.17) is 13.8 Å². The van der Waals surface area contributed by atoms with Crippen molar-refractivity contribution >= 4 is 7.82 Å². The summed E-state index contributed by atoms with van der Waals surface area (Å²) in [5, 5.41) is 9.39. The monoisotopic (exact) mass is 508 g/mol. The molecule has 0 bridgehead atoms. The number of quaternary nitrogens is 1. The topological polar surface area (TPSA) is 85.2 Å². The number of ether oxygens (including phenoxy) is 1. The van der Waals surface area contributed by atoms with E-state index < -0.39 is 20.5 Å². The number of allylic oxidation sites excluding steroid dienone is 2. The van der Waals surface area contributed by atoms with E-state index in [2.05, 4.69) is 19.1 Å². The highest BCUT2D eigenvalue weighted by Gasteiger charge is 2.27. The highest BCUT2D eigenvalue weighted by atomic mass is 31.2. The molecule has 0 amide bonds. The highest BCUT2D eigenvalue weighted by Crippen LogP contribution is 2.44. The molecule has 1 unspecified atom stereocenters. The molecule has 0 rings (SSSR count). The van der Waals surface area contributed by atoms with Gasteiger partial charge in [-0.15, -0.1) is 0 Å². The van der Waals surface area contributed by atoms with Gasteiger partial charge >= 0.3 is 7.82 Å². The van der Waals surface area contributed by atoms with Gasteiger partial charge < -0.3 is 19.2 Å². The van der Waals surface area contributed by atoms with Gasteiger partial charge in [-0.2, -0.15) is 0 Å². The van der Waals surface area contributed by atoms with Gasteiger partial charge in [0.2, 0.25) is 0 Å². The fourth-order valence-corrected chi connectivity index (χ4v) is 4.31. The summed E-state index contributed by atoms with van der Waals surface area (Å²) in [6.45, 7) is 3.17. The van der Waals surface area contributed by atoms with Crippen LogP contribution in [0.2, 0.25) is 0 Å². The van der Waals surface area contributed by atoms with Gasteiger partial charge in [0, 0.05) is 6.61 Å². The van der Waals surface area contributed by atoms with Crippen LogP contribution in [0.3, 0.4) is 0 Å². The van der Waals surface area contributed by atoms with Crippen molar-refractivity contribution in [2.75, 3.05) is 54.1 Å². The minimum atomic E-state index is -4.20. The van der Waals surface area contributed by atoms with E-state index in [1.54, 1.807) is 0 Å². The molecule has 7 nitrogen and oxygen atoms in total. The van der Waals surface area contributed by atoms with Crippen molar-refractivity contribution in [3.05, 3.63) is 12.2 Å². The molecule has 0 saturated heterocycles. The van der Waals surface area contributed by atoms with E-state index in [1.807, 2.05) is 21.1 Å². The standard InChI is InChI=1S/C26H54NO6P/c1-5-6-7-8-9-10-11-12-13-14-15-16-17-18-19-20-22-31-25-26(24-28)33-34(29,30)32-23-21-27(2,3)4/h12-13,26,28H,5-11,14-25H2,1-4H3/p+1/b13-12-/t26-/m0/s1. The molecule has 0 aromatic carbocycles. The molecule has 8 heteroatoms. The van der Waals surface area contributed by atoms with E-state index in [0.717, 1.165) is 12.8 Å². The molecule has 0 heterocycles. The zero-order valence-electron chi connectivity index (χ0n) is 22.6. The van der Waals surface area contributed by atoms with E-state index in [9.17, 15) is 14.6 Å². The lowest BCUT2D eigenvalue weighted by atomic mass is 10.1. The van der Waals surface area contributed by atoms with E-state index in [0.29, 0.717) is 17.6 Å². The number of hydrogen-bond donors (Lipinski definition) is 2. The molecule has 2 atom stereocenters. The summed E-state index contributed by atoms with van der Waals surface area (Å²) in [5.74, 6) is 0. The van der Waals surface area contributed by atoms with Gasteiger partial charge in [0.15, 0.2) is 0 Å². The van der Waals surface area contributed by atoms with Crippen LogP contribution >= 0.6 is 7.82 Å². The Balaban J connectivity index is 3.56. The fourth-order valence-electron chi connectivity index (χ4n) is 3.43. The second-order valence-electron chi connectivity index (χ2n) is 10.2. The number of aliphatic hydroxyl groups excluding tert-OH is 1. The molecule has 0 aliphatic carbocycles. The first-order valence-electron chi connectivity index (χ1n) is 13.5. The first-order valence-corrected chi connectivity index (χ1v) is 15.0. The maximum Gasteiger partial charge on any atom is 0.472 e. The lowest BCUT2D eigenvalue weighted by Crippen LogP contribution is -2.37. The van der Waals surface area contributed by atoms with Crippen molar-refractivity contribution in [1.29, 1.82) is 0 Å². The number of phosphoric ester groups is 1. The van der Waals surface area contributed by atoms with Gasteiger partial charge in [0.1, 0.15) is 19.3 Å². The second-order valence-corrected chi connectivity index (χ2v) is 11.6. The summed E-state index contributed by atoms with van der Waals surface area (Å²) in [7, 11) is 1.70. The van der Waals surface area contributed by atoms with Gasteiger partial charge in [-0.05, 0) is 32.1 Å². The van der Waals surface area contributed by atoms with Crippen LogP contribution in [-0.2, 0) is 18.3 Å². The lowest BCUT2D eigenvalue weighted by molar-refractivity contribution is -0.870. The predicted octanol–water partition coefficient (Wildman–Crippen LogP) is 6.24. The molecule has 0 fully saturated rings. The molecule has 204 valence electrons. The molecule has 2 N–H and O–H groups in total. The molecule has 0 aromatic heterocycles. The van der Waals surface area contributed by atoms with Crippen LogP contribution in [0.4, 0.5) is 0 Å². The maximum absolute atomic E-state index is 12.0. The quantitative estimate of drug-likeness (QED) is 0.0657. The average molecular weight is 509 g/mol. The van der Waals surface area contributed by atoms with Gasteiger partial charge in [0.25, 0.3) is 0 Å². The van der Waals surface area contributed by atoms with Crippen LogP contribution in [0, 0.1) is 0 Å². The molecule has 0 aliphatic rings. The number of rotatable bonds is 25. The van der Waals surface area contributed by atoms with Crippen molar-refractivity contribution in [3.8, 4) is 0 Å².